The maximum absolute atomic E-state index is 14.3. The topological polar surface area (TPSA) is 130 Å². The Morgan fingerprint density at radius 1 is 1.02 bits per heavy atom. The molecule has 1 aliphatic heterocycles. The van der Waals surface area contributed by atoms with Crippen LogP contribution in [0.25, 0.3) is 5.82 Å². The molecular formula is C27H31F3N10O. The number of alkyl halides is 3. The molecule has 2 aromatic heterocycles. The number of amides is 1. The standard InChI is InChI=1S/C27H31F3N10O/c1-17-4-5-18(24(31)41)14-26(17,37-25-35-16-36-40(25)23-13-22(32-2)33-15-34-23)19-10-20(27(28,29)30)12-21(11-19)39-8-6-38(3)7-9-39/h4-5,10-13,15-16H,6-9,14H2,1-3H3,(H2,31,41)(H,32,33,34)(H,35,36,37). The van der Waals surface area contributed by atoms with Crippen LogP contribution in [-0.2, 0) is 16.5 Å². The largest absolute Gasteiger partial charge is 0.416 e. The normalized spacial score (nSPS) is 19.9. The van der Waals surface area contributed by atoms with Crippen molar-refractivity contribution in [3.63, 3.8) is 0 Å². The van der Waals surface area contributed by atoms with Crippen LogP contribution in [-0.4, -0.2) is 75.8 Å². The quantitative estimate of drug-likeness (QED) is 0.394. The van der Waals surface area contributed by atoms with Crippen LogP contribution in [0.1, 0.15) is 24.5 Å². The van der Waals surface area contributed by atoms with E-state index in [9.17, 15) is 18.0 Å². The van der Waals surface area contributed by atoms with Crippen LogP contribution in [0.2, 0.25) is 0 Å². The number of aromatic nitrogens is 5. The summed E-state index contributed by atoms with van der Waals surface area (Å²) >= 11 is 0. The van der Waals surface area contributed by atoms with Gasteiger partial charge in [-0.25, -0.2) is 9.97 Å². The van der Waals surface area contributed by atoms with E-state index in [1.54, 1.807) is 38.3 Å². The van der Waals surface area contributed by atoms with Gasteiger partial charge in [0.25, 0.3) is 0 Å². The summed E-state index contributed by atoms with van der Waals surface area (Å²) < 4.78 is 44.4. The second-order valence-corrected chi connectivity index (χ2v) is 10.2. The molecule has 1 aromatic carbocycles. The molecule has 1 fully saturated rings. The first-order valence-corrected chi connectivity index (χ1v) is 13.0. The van der Waals surface area contributed by atoms with Crippen molar-refractivity contribution in [3.05, 3.63) is 71.3 Å². The smallest absolute Gasteiger partial charge is 0.373 e. The van der Waals surface area contributed by atoms with E-state index in [2.05, 4.69) is 35.6 Å². The van der Waals surface area contributed by atoms with Crippen molar-refractivity contribution in [1.82, 2.24) is 29.6 Å². The molecule has 4 N–H and O–H groups in total. The van der Waals surface area contributed by atoms with Crippen LogP contribution in [0.15, 0.2) is 60.2 Å². The molecule has 1 amide bonds. The minimum Gasteiger partial charge on any atom is -0.373 e. The molecule has 0 spiro atoms. The van der Waals surface area contributed by atoms with Crippen LogP contribution >= 0.6 is 0 Å². The van der Waals surface area contributed by atoms with Gasteiger partial charge in [-0.05, 0) is 43.3 Å². The van der Waals surface area contributed by atoms with Gasteiger partial charge < -0.3 is 26.2 Å². The van der Waals surface area contributed by atoms with E-state index >= 15 is 0 Å². The fourth-order valence-electron chi connectivity index (χ4n) is 5.12. The number of nitrogens with one attached hydrogen (secondary N) is 2. The van der Waals surface area contributed by atoms with Crippen molar-refractivity contribution < 1.29 is 18.0 Å². The molecule has 11 nitrogen and oxygen atoms in total. The predicted molar refractivity (Wildman–Crippen MR) is 149 cm³/mol. The third-order valence-corrected chi connectivity index (χ3v) is 7.58. The first-order valence-electron chi connectivity index (χ1n) is 13.0. The van der Waals surface area contributed by atoms with Gasteiger partial charge in [0.2, 0.25) is 11.9 Å². The number of carbonyl (C=O) groups excluding carboxylic acids is 1. The second-order valence-electron chi connectivity index (χ2n) is 10.2. The van der Waals surface area contributed by atoms with E-state index < -0.39 is 23.2 Å². The molecule has 1 saturated heterocycles. The highest BCUT2D eigenvalue weighted by Crippen LogP contribution is 2.45. The highest BCUT2D eigenvalue weighted by Gasteiger charge is 2.42. The maximum atomic E-state index is 14.3. The van der Waals surface area contributed by atoms with Gasteiger partial charge in [-0.3, -0.25) is 4.79 Å². The van der Waals surface area contributed by atoms with Gasteiger partial charge >= 0.3 is 6.18 Å². The van der Waals surface area contributed by atoms with Crippen LogP contribution < -0.4 is 21.3 Å². The number of hydrogen-bond acceptors (Lipinski definition) is 9. The molecule has 2 aliphatic rings. The summed E-state index contributed by atoms with van der Waals surface area (Å²) in [6.07, 6.45) is 1.35. The zero-order valence-electron chi connectivity index (χ0n) is 22.9. The third-order valence-electron chi connectivity index (χ3n) is 7.58. The van der Waals surface area contributed by atoms with Crippen molar-refractivity contribution >= 4 is 23.4 Å². The molecule has 3 aromatic rings. The molecule has 1 unspecified atom stereocenters. The Kier molecular flexibility index (Phi) is 7.43. The Labute approximate surface area is 235 Å². The number of benzene rings is 1. The number of nitrogens with zero attached hydrogens (tertiary/aromatic N) is 7. The zero-order valence-corrected chi connectivity index (χ0v) is 22.9. The molecule has 0 radical (unpaired) electrons. The Morgan fingerprint density at radius 2 is 1.78 bits per heavy atom. The van der Waals surface area contributed by atoms with Crippen LogP contribution in [0.4, 0.5) is 30.6 Å². The molecule has 14 heteroatoms. The highest BCUT2D eigenvalue weighted by molar-refractivity contribution is 5.93. The predicted octanol–water partition coefficient (Wildman–Crippen LogP) is 2.94. The number of likely N-dealkylation sites (N-methyl/N-ethyl adjacent to an activating group) is 1. The van der Waals surface area contributed by atoms with E-state index in [0.29, 0.717) is 41.5 Å². The number of anilines is 3. The summed E-state index contributed by atoms with van der Waals surface area (Å²) in [6.45, 7) is 4.39. The Morgan fingerprint density at radius 3 is 2.46 bits per heavy atom. The first-order chi connectivity index (χ1) is 19.5. The summed E-state index contributed by atoms with van der Waals surface area (Å²) in [5.41, 5.74) is 5.27. The van der Waals surface area contributed by atoms with E-state index in [0.717, 1.165) is 19.2 Å². The van der Waals surface area contributed by atoms with Gasteiger partial charge in [-0.2, -0.15) is 27.9 Å². The van der Waals surface area contributed by atoms with Crippen LogP contribution in [0.3, 0.4) is 0 Å². The fraction of sp³-hybridized carbons (Fsp3) is 0.370. The van der Waals surface area contributed by atoms with Crippen molar-refractivity contribution in [1.29, 1.82) is 0 Å². The molecule has 41 heavy (non-hydrogen) atoms. The molecule has 3 heterocycles. The maximum Gasteiger partial charge on any atom is 0.416 e. The molecule has 1 aliphatic carbocycles. The lowest BCUT2D eigenvalue weighted by atomic mass is 9.74. The number of piperazine rings is 1. The number of primary amides is 1. The lowest BCUT2D eigenvalue weighted by Crippen LogP contribution is -2.45. The third kappa shape index (κ3) is 5.59. The van der Waals surface area contributed by atoms with E-state index in [-0.39, 0.29) is 17.9 Å². The molecule has 0 saturated carbocycles. The second kappa shape index (κ2) is 10.8. The van der Waals surface area contributed by atoms with Crippen molar-refractivity contribution in [2.75, 3.05) is 55.8 Å². The fourth-order valence-corrected chi connectivity index (χ4v) is 5.12. The lowest BCUT2D eigenvalue weighted by molar-refractivity contribution is -0.137. The minimum absolute atomic E-state index is 0.00739. The van der Waals surface area contributed by atoms with E-state index in [1.165, 1.54) is 23.4 Å². The molecule has 1 atom stereocenters. The highest BCUT2D eigenvalue weighted by atomic mass is 19.4. The van der Waals surface area contributed by atoms with Gasteiger partial charge in [0.1, 0.15) is 18.5 Å². The number of hydrogen-bond donors (Lipinski definition) is 3. The van der Waals surface area contributed by atoms with E-state index in [4.69, 9.17) is 5.73 Å². The van der Waals surface area contributed by atoms with Crippen molar-refractivity contribution in [2.24, 2.45) is 5.73 Å². The number of allylic oxidation sites excluding steroid dienone is 2. The van der Waals surface area contributed by atoms with E-state index in [1.807, 2.05) is 11.9 Å². The number of rotatable bonds is 7. The van der Waals surface area contributed by atoms with Gasteiger partial charge in [0.05, 0.1) is 11.1 Å². The van der Waals surface area contributed by atoms with Crippen molar-refractivity contribution in [2.45, 2.75) is 25.1 Å². The van der Waals surface area contributed by atoms with Gasteiger partial charge in [0, 0.05) is 57.0 Å². The molecule has 216 valence electrons. The molecule has 0 bridgehead atoms. The summed E-state index contributed by atoms with van der Waals surface area (Å²) in [4.78, 5) is 29.2. The molecule has 5 rings (SSSR count). The van der Waals surface area contributed by atoms with Crippen molar-refractivity contribution in [3.8, 4) is 5.82 Å². The number of halogens is 3. The van der Waals surface area contributed by atoms with Gasteiger partial charge in [-0.1, -0.05) is 12.2 Å². The Hall–Kier alpha value is -4.46. The summed E-state index contributed by atoms with van der Waals surface area (Å²) in [6, 6.07) is 5.70. The lowest BCUT2D eigenvalue weighted by Gasteiger charge is -2.40. The minimum atomic E-state index is -4.60. The SMILES string of the molecule is CNc1cc(-n2ncnc2NC2(c3cc(N4CCN(C)CC4)cc(C(F)(F)F)c3)CC(C(N)=O)=CC=C2C)ncn1. The van der Waals surface area contributed by atoms with Crippen LogP contribution in [0.5, 0.6) is 0 Å². The zero-order chi connectivity index (χ0) is 29.4. The number of nitrogens with two attached hydrogens (primary N) is 1. The average molecular weight is 569 g/mol. The van der Waals surface area contributed by atoms with Gasteiger partial charge in [-0.15, -0.1) is 0 Å². The molecular weight excluding hydrogens is 537 g/mol. The summed E-state index contributed by atoms with van der Waals surface area (Å²) in [7, 11) is 3.69. The van der Waals surface area contributed by atoms with Gasteiger partial charge in [0.15, 0.2) is 5.82 Å². The Bertz CT molecular complexity index is 1510. The number of carbonyl (C=O) groups is 1. The average Bonchev–Trinajstić information content (AvgIpc) is 3.41. The summed E-state index contributed by atoms with van der Waals surface area (Å²) in [5.74, 6) is 0.461. The van der Waals surface area contributed by atoms with Crippen LogP contribution in [0, 0.1) is 0 Å². The monoisotopic (exact) mass is 568 g/mol. The Balaban J connectivity index is 1.67. The summed E-state index contributed by atoms with van der Waals surface area (Å²) in [5, 5.41) is 10.6. The first kappa shape index (κ1) is 28.1.